The highest BCUT2D eigenvalue weighted by atomic mass is 16.6. The Bertz CT molecular complexity index is 937. The number of rotatable bonds is 8. The minimum Gasteiger partial charge on any atom is -0.368 e. The topological polar surface area (TPSA) is 44.8 Å². The average Bonchev–Trinajstić information content (AvgIpc) is 2.85. The van der Waals surface area contributed by atoms with Crippen molar-refractivity contribution in [3.05, 3.63) is 90.5 Å². The van der Waals surface area contributed by atoms with E-state index in [2.05, 4.69) is 58.9 Å². The van der Waals surface area contributed by atoms with Crippen molar-refractivity contribution in [1.82, 2.24) is 10.4 Å². The molecule has 1 saturated heterocycles. The Morgan fingerprint density at radius 1 is 0.774 bits per heavy atom. The first-order chi connectivity index (χ1) is 15.3. The molecule has 0 aliphatic carbocycles. The van der Waals surface area contributed by atoms with Crippen LogP contribution in [0.3, 0.4) is 0 Å². The van der Waals surface area contributed by atoms with E-state index in [0.29, 0.717) is 19.6 Å². The van der Waals surface area contributed by atoms with Crippen molar-refractivity contribution in [2.45, 2.75) is 13.0 Å². The van der Waals surface area contributed by atoms with E-state index in [0.717, 1.165) is 31.7 Å². The molecule has 0 atom stereocenters. The highest BCUT2D eigenvalue weighted by molar-refractivity contribution is 5.76. The van der Waals surface area contributed by atoms with E-state index < -0.39 is 0 Å². The third-order valence-corrected chi connectivity index (χ3v) is 5.60. The number of carbonyl (C=O) groups excluding carboxylic acids is 1. The van der Waals surface area contributed by atoms with Gasteiger partial charge in [0.25, 0.3) is 0 Å². The van der Waals surface area contributed by atoms with Crippen LogP contribution >= 0.6 is 0 Å². The summed E-state index contributed by atoms with van der Waals surface area (Å²) in [5.74, 6) is 0.176. The summed E-state index contributed by atoms with van der Waals surface area (Å²) in [6.45, 7) is 4.24. The lowest BCUT2D eigenvalue weighted by Gasteiger charge is -2.36. The van der Waals surface area contributed by atoms with Crippen molar-refractivity contribution in [3.63, 3.8) is 0 Å². The number of carbonyl (C=O) groups is 1. The normalized spacial score (nSPS) is 13.9. The molecule has 1 heterocycles. The molecule has 3 aromatic rings. The van der Waals surface area contributed by atoms with Crippen molar-refractivity contribution >= 4 is 11.6 Å². The molecule has 1 fully saturated rings. The number of hydroxylamine groups is 1. The van der Waals surface area contributed by atoms with Gasteiger partial charge in [0.05, 0.1) is 6.61 Å². The number of hydrogen-bond donors (Lipinski definition) is 1. The molecule has 1 aliphatic rings. The Hall–Kier alpha value is -3.15. The zero-order chi connectivity index (χ0) is 21.3. The molecule has 3 aromatic carbocycles. The highest BCUT2D eigenvalue weighted by Gasteiger charge is 2.21. The van der Waals surface area contributed by atoms with Crippen molar-refractivity contribution in [2.75, 3.05) is 37.6 Å². The van der Waals surface area contributed by atoms with E-state index >= 15 is 0 Å². The number of nitrogens with one attached hydrogen (secondary N) is 1. The number of amides is 1. The third-order valence-electron chi connectivity index (χ3n) is 5.60. The predicted octanol–water partition coefficient (Wildman–Crippen LogP) is 4.11. The van der Waals surface area contributed by atoms with Crippen LogP contribution in [0.25, 0.3) is 11.1 Å². The van der Waals surface area contributed by atoms with Gasteiger partial charge in [0.1, 0.15) is 0 Å². The van der Waals surface area contributed by atoms with Crippen LogP contribution in [0, 0.1) is 0 Å². The van der Waals surface area contributed by atoms with Crippen LogP contribution < -0.4 is 10.4 Å². The van der Waals surface area contributed by atoms with Gasteiger partial charge in [-0.2, -0.15) is 0 Å². The van der Waals surface area contributed by atoms with Crippen LogP contribution in [0.1, 0.15) is 12.0 Å². The fraction of sp³-hybridized carbons (Fsp3) is 0.269. The molecule has 0 unspecified atom stereocenters. The molecule has 0 bridgehead atoms. The number of nitrogens with zero attached hydrogens (tertiary/aromatic N) is 2. The summed E-state index contributed by atoms with van der Waals surface area (Å²) in [4.78, 5) is 22.2. The van der Waals surface area contributed by atoms with Gasteiger partial charge in [0.2, 0.25) is 5.91 Å². The first kappa shape index (κ1) is 21.1. The van der Waals surface area contributed by atoms with E-state index in [1.165, 1.54) is 16.8 Å². The first-order valence-corrected chi connectivity index (χ1v) is 10.9. The van der Waals surface area contributed by atoms with Crippen LogP contribution in [0.5, 0.6) is 0 Å². The van der Waals surface area contributed by atoms with Gasteiger partial charge in [-0.15, -0.1) is 0 Å². The van der Waals surface area contributed by atoms with Gasteiger partial charge in [-0.05, 0) is 28.8 Å². The van der Waals surface area contributed by atoms with Crippen LogP contribution in [0.2, 0.25) is 0 Å². The summed E-state index contributed by atoms with van der Waals surface area (Å²) in [5.41, 5.74) is 7.67. The lowest BCUT2D eigenvalue weighted by molar-refractivity contribution is -0.132. The number of piperazine rings is 1. The van der Waals surface area contributed by atoms with Crippen LogP contribution in [-0.2, 0) is 16.2 Å². The molecular formula is C26H29N3O2. The fourth-order valence-electron chi connectivity index (χ4n) is 3.81. The Balaban J connectivity index is 1.17. The predicted molar refractivity (Wildman–Crippen MR) is 125 cm³/mol. The molecule has 160 valence electrons. The quantitative estimate of drug-likeness (QED) is 0.444. The summed E-state index contributed by atoms with van der Waals surface area (Å²) in [7, 11) is 0. The van der Waals surface area contributed by atoms with Crippen LogP contribution in [0.4, 0.5) is 5.69 Å². The minimum absolute atomic E-state index is 0.176. The van der Waals surface area contributed by atoms with Gasteiger partial charge < -0.3 is 9.80 Å². The number of anilines is 1. The zero-order valence-corrected chi connectivity index (χ0v) is 17.7. The second-order valence-corrected chi connectivity index (χ2v) is 7.70. The minimum atomic E-state index is 0.176. The fourth-order valence-corrected chi connectivity index (χ4v) is 3.81. The summed E-state index contributed by atoms with van der Waals surface area (Å²) in [6, 6.07) is 29.1. The summed E-state index contributed by atoms with van der Waals surface area (Å²) >= 11 is 0. The van der Waals surface area contributed by atoms with Crippen molar-refractivity contribution in [2.24, 2.45) is 0 Å². The van der Waals surface area contributed by atoms with Crippen molar-refractivity contribution < 1.29 is 9.63 Å². The largest absolute Gasteiger partial charge is 0.368 e. The van der Waals surface area contributed by atoms with Gasteiger partial charge in [-0.1, -0.05) is 72.8 Å². The lowest BCUT2D eigenvalue weighted by atomic mass is 10.1. The van der Waals surface area contributed by atoms with Gasteiger partial charge in [0, 0.05) is 44.8 Å². The Kier molecular flexibility index (Phi) is 7.32. The second-order valence-electron chi connectivity index (χ2n) is 7.70. The zero-order valence-electron chi connectivity index (χ0n) is 17.7. The maximum atomic E-state index is 12.5. The van der Waals surface area contributed by atoms with Gasteiger partial charge in [-0.25, -0.2) is 5.48 Å². The summed E-state index contributed by atoms with van der Waals surface area (Å²) in [5, 5.41) is 0. The summed E-state index contributed by atoms with van der Waals surface area (Å²) in [6.07, 6.45) is 0.445. The van der Waals surface area contributed by atoms with Crippen molar-refractivity contribution in [1.29, 1.82) is 0 Å². The van der Waals surface area contributed by atoms with E-state index in [4.69, 9.17) is 4.84 Å². The average molecular weight is 416 g/mol. The second kappa shape index (κ2) is 10.8. The molecule has 4 rings (SSSR count). The molecule has 0 radical (unpaired) electrons. The lowest BCUT2D eigenvalue weighted by Crippen LogP contribution is -2.49. The Morgan fingerprint density at radius 3 is 2.06 bits per heavy atom. The smallest absolute Gasteiger partial charge is 0.224 e. The van der Waals surface area contributed by atoms with E-state index in [-0.39, 0.29) is 5.91 Å². The van der Waals surface area contributed by atoms with E-state index in [9.17, 15) is 4.79 Å². The van der Waals surface area contributed by atoms with Crippen LogP contribution in [0.15, 0.2) is 84.9 Å². The maximum absolute atomic E-state index is 12.5. The molecule has 0 spiro atoms. The molecule has 0 aromatic heterocycles. The van der Waals surface area contributed by atoms with E-state index in [1.807, 2.05) is 41.3 Å². The molecule has 5 nitrogen and oxygen atoms in total. The van der Waals surface area contributed by atoms with Crippen molar-refractivity contribution in [3.8, 4) is 11.1 Å². The standard InChI is InChI=1S/C26H29N3O2/c30-26(15-16-27-31-21-22-7-3-1-4-8-22)29-19-17-28(18-20-29)25-13-11-24(12-14-25)23-9-5-2-6-10-23/h1-14,27H,15-21H2. The molecule has 31 heavy (non-hydrogen) atoms. The Morgan fingerprint density at radius 2 is 1.39 bits per heavy atom. The Labute approximate surface area is 184 Å². The van der Waals surface area contributed by atoms with Gasteiger partial charge in [-0.3, -0.25) is 9.63 Å². The van der Waals surface area contributed by atoms with Gasteiger partial charge >= 0.3 is 0 Å². The molecule has 5 heteroatoms. The number of benzene rings is 3. The molecule has 1 aliphatic heterocycles. The van der Waals surface area contributed by atoms with E-state index in [1.54, 1.807) is 0 Å². The SMILES string of the molecule is O=C(CCNOCc1ccccc1)N1CCN(c2ccc(-c3ccccc3)cc2)CC1. The molecule has 1 N–H and O–H groups in total. The number of hydrogen-bond acceptors (Lipinski definition) is 4. The van der Waals surface area contributed by atoms with Crippen LogP contribution in [-0.4, -0.2) is 43.5 Å². The first-order valence-electron chi connectivity index (χ1n) is 10.9. The third kappa shape index (κ3) is 5.94. The highest BCUT2D eigenvalue weighted by Crippen LogP contribution is 2.23. The maximum Gasteiger partial charge on any atom is 0.224 e. The van der Waals surface area contributed by atoms with Gasteiger partial charge in [0.15, 0.2) is 0 Å². The molecule has 0 saturated carbocycles. The summed E-state index contributed by atoms with van der Waals surface area (Å²) < 4.78 is 0. The monoisotopic (exact) mass is 415 g/mol. The molecule has 1 amide bonds. The molecular weight excluding hydrogens is 386 g/mol.